The summed E-state index contributed by atoms with van der Waals surface area (Å²) in [5.41, 5.74) is 3.90. The van der Waals surface area contributed by atoms with Crippen LogP contribution in [0, 0.1) is 25.6 Å². The first-order chi connectivity index (χ1) is 13.3. The van der Waals surface area contributed by atoms with Gasteiger partial charge in [0.2, 0.25) is 0 Å². The zero-order valence-electron chi connectivity index (χ0n) is 17.5. The number of nitrogens with zero attached hydrogens (tertiary/aromatic N) is 2. The van der Waals surface area contributed by atoms with Crippen molar-refractivity contribution in [2.24, 2.45) is 5.92 Å². The number of aromatic nitrogens is 1. The third-order valence-corrected chi connectivity index (χ3v) is 5.90. The van der Waals surface area contributed by atoms with Gasteiger partial charge in [-0.15, -0.1) is 0 Å². The second kappa shape index (κ2) is 9.01. The molecule has 0 amide bonds. The topological polar surface area (TPSA) is 39.3 Å². The summed E-state index contributed by atoms with van der Waals surface area (Å²) in [6.45, 7) is 12.9. The van der Waals surface area contributed by atoms with Gasteiger partial charge in [-0.3, -0.25) is 14.6 Å². The second-order valence-electron chi connectivity index (χ2n) is 8.40. The van der Waals surface area contributed by atoms with E-state index in [2.05, 4.69) is 28.6 Å². The molecule has 0 bridgehead atoms. The minimum absolute atomic E-state index is 0.141. The van der Waals surface area contributed by atoms with Crippen molar-refractivity contribution in [1.82, 2.24) is 14.8 Å². The van der Waals surface area contributed by atoms with Gasteiger partial charge >= 0.3 is 0 Å². The van der Waals surface area contributed by atoms with E-state index in [-0.39, 0.29) is 11.2 Å². The van der Waals surface area contributed by atoms with Gasteiger partial charge in [0, 0.05) is 55.2 Å². The third-order valence-electron chi connectivity index (χ3n) is 5.90. The number of H-pyrrole nitrogens is 1. The predicted molar refractivity (Wildman–Crippen MR) is 112 cm³/mol. The van der Waals surface area contributed by atoms with E-state index in [1.807, 2.05) is 32.2 Å². The first-order valence-corrected chi connectivity index (χ1v) is 10.2. The standard InChI is InChI=1S/C23H32FN3O/c1-16(2)22-15-26(14-21-18(4)23(28)17(3)12-25-21)10-5-11-27(22)13-19-6-8-20(24)9-7-19/h6-9,12,16,22H,5,10-11,13-15H2,1-4H3,(H,25,28)/t22-/m0/s1. The number of rotatable bonds is 5. The highest BCUT2D eigenvalue weighted by Gasteiger charge is 2.27. The van der Waals surface area contributed by atoms with Crippen LogP contribution in [-0.2, 0) is 13.1 Å². The molecule has 0 saturated carbocycles. The molecule has 0 aliphatic carbocycles. The van der Waals surface area contributed by atoms with Crippen molar-refractivity contribution in [1.29, 1.82) is 0 Å². The molecule has 1 fully saturated rings. The molecule has 4 nitrogen and oxygen atoms in total. The molecule has 3 rings (SSSR count). The second-order valence-corrected chi connectivity index (χ2v) is 8.40. The SMILES string of the molecule is Cc1c[nH]c(CN2CCCN(Cc3ccc(F)cc3)[C@H](C(C)C)C2)c(C)c1=O. The Kier molecular flexibility index (Phi) is 6.68. The van der Waals surface area contributed by atoms with Gasteiger partial charge in [0.15, 0.2) is 5.43 Å². The summed E-state index contributed by atoms with van der Waals surface area (Å²) in [5.74, 6) is 0.327. The molecule has 28 heavy (non-hydrogen) atoms. The van der Waals surface area contributed by atoms with Gasteiger partial charge in [-0.05, 0) is 50.4 Å². The van der Waals surface area contributed by atoms with Crippen molar-refractivity contribution < 1.29 is 4.39 Å². The van der Waals surface area contributed by atoms with E-state index < -0.39 is 0 Å². The van der Waals surface area contributed by atoms with Crippen molar-refractivity contribution in [3.05, 3.63) is 68.9 Å². The van der Waals surface area contributed by atoms with E-state index in [0.717, 1.165) is 61.5 Å². The highest BCUT2D eigenvalue weighted by molar-refractivity contribution is 5.23. The minimum Gasteiger partial charge on any atom is -0.363 e. The summed E-state index contributed by atoms with van der Waals surface area (Å²) in [5, 5.41) is 0. The van der Waals surface area contributed by atoms with Crippen LogP contribution in [0.5, 0.6) is 0 Å². The summed E-state index contributed by atoms with van der Waals surface area (Å²) in [6.07, 6.45) is 2.91. The Hall–Kier alpha value is -1.98. The first kappa shape index (κ1) is 20.7. The zero-order valence-corrected chi connectivity index (χ0v) is 17.5. The molecule has 1 aliphatic heterocycles. The van der Waals surface area contributed by atoms with Crippen LogP contribution < -0.4 is 5.43 Å². The van der Waals surface area contributed by atoms with Gasteiger partial charge in [0.25, 0.3) is 0 Å². The Morgan fingerprint density at radius 2 is 1.86 bits per heavy atom. The monoisotopic (exact) mass is 385 g/mol. The van der Waals surface area contributed by atoms with Gasteiger partial charge in [0.05, 0.1) is 0 Å². The fourth-order valence-corrected chi connectivity index (χ4v) is 4.12. The molecule has 1 aromatic heterocycles. The van der Waals surface area contributed by atoms with Gasteiger partial charge in [-0.1, -0.05) is 26.0 Å². The Morgan fingerprint density at radius 3 is 2.54 bits per heavy atom. The van der Waals surface area contributed by atoms with Crippen LogP contribution >= 0.6 is 0 Å². The Balaban J connectivity index is 1.74. The molecule has 0 spiro atoms. The largest absolute Gasteiger partial charge is 0.363 e. The number of hydrogen-bond acceptors (Lipinski definition) is 3. The number of nitrogens with one attached hydrogen (secondary N) is 1. The maximum absolute atomic E-state index is 13.2. The lowest BCUT2D eigenvalue weighted by Gasteiger charge is -2.34. The van der Waals surface area contributed by atoms with Crippen LogP contribution in [-0.4, -0.2) is 40.5 Å². The quantitative estimate of drug-likeness (QED) is 0.849. The molecule has 1 atom stereocenters. The molecule has 1 N–H and O–H groups in total. The molecule has 152 valence electrons. The Bertz CT molecular complexity index is 844. The number of aromatic amines is 1. The van der Waals surface area contributed by atoms with E-state index in [9.17, 15) is 9.18 Å². The Labute approximate surface area is 167 Å². The molecule has 0 unspecified atom stereocenters. The van der Waals surface area contributed by atoms with Gasteiger partial charge in [0.1, 0.15) is 5.82 Å². The van der Waals surface area contributed by atoms with Gasteiger partial charge < -0.3 is 4.98 Å². The average Bonchev–Trinajstić information content (AvgIpc) is 2.86. The maximum atomic E-state index is 13.2. The lowest BCUT2D eigenvalue weighted by Crippen LogP contribution is -2.44. The van der Waals surface area contributed by atoms with Crippen molar-refractivity contribution in [2.75, 3.05) is 19.6 Å². The van der Waals surface area contributed by atoms with Crippen molar-refractivity contribution >= 4 is 0 Å². The van der Waals surface area contributed by atoms with Crippen LogP contribution in [0.2, 0.25) is 0 Å². The number of hydrogen-bond donors (Lipinski definition) is 1. The van der Waals surface area contributed by atoms with E-state index in [0.29, 0.717) is 12.0 Å². The predicted octanol–water partition coefficient (Wildman–Crippen LogP) is 3.86. The molecular formula is C23H32FN3O. The van der Waals surface area contributed by atoms with Gasteiger partial charge in [-0.2, -0.15) is 0 Å². The minimum atomic E-state index is -0.186. The fraction of sp³-hybridized carbons (Fsp3) is 0.522. The summed E-state index contributed by atoms with van der Waals surface area (Å²) >= 11 is 0. The lowest BCUT2D eigenvalue weighted by molar-refractivity contribution is 0.129. The molecule has 1 aliphatic rings. The third kappa shape index (κ3) is 4.89. The molecule has 2 heterocycles. The van der Waals surface area contributed by atoms with E-state index in [1.54, 1.807) is 12.1 Å². The van der Waals surface area contributed by atoms with Crippen molar-refractivity contribution in [3.8, 4) is 0 Å². The molecule has 1 aromatic carbocycles. The lowest BCUT2D eigenvalue weighted by atomic mass is 10.0. The highest BCUT2D eigenvalue weighted by Crippen LogP contribution is 2.21. The molecule has 2 aromatic rings. The summed E-state index contributed by atoms with van der Waals surface area (Å²) in [4.78, 5) is 20.6. The van der Waals surface area contributed by atoms with E-state index >= 15 is 0 Å². The normalized spacial score (nSPS) is 19.1. The number of aryl methyl sites for hydroxylation is 1. The van der Waals surface area contributed by atoms with Crippen LogP contribution in [0.4, 0.5) is 4.39 Å². The molecule has 0 radical (unpaired) electrons. The fourth-order valence-electron chi connectivity index (χ4n) is 4.12. The summed E-state index contributed by atoms with van der Waals surface area (Å²) in [6, 6.07) is 7.27. The number of halogens is 1. The van der Waals surface area contributed by atoms with Crippen LogP contribution in [0.3, 0.4) is 0 Å². The smallest absolute Gasteiger partial charge is 0.187 e. The molecule has 1 saturated heterocycles. The first-order valence-electron chi connectivity index (χ1n) is 10.2. The molecular weight excluding hydrogens is 353 g/mol. The van der Waals surface area contributed by atoms with Gasteiger partial charge in [-0.25, -0.2) is 4.39 Å². The van der Waals surface area contributed by atoms with Crippen molar-refractivity contribution in [2.45, 2.75) is 53.2 Å². The zero-order chi connectivity index (χ0) is 20.3. The maximum Gasteiger partial charge on any atom is 0.187 e. The number of pyridine rings is 1. The van der Waals surface area contributed by atoms with E-state index in [4.69, 9.17) is 0 Å². The van der Waals surface area contributed by atoms with Crippen LogP contribution in [0.25, 0.3) is 0 Å². The van der Waals surface area contributed by atoms with Crippen molar-refractivity contribution in [3.63, 3.8) is 0 Å². The highest BCUT2D eigenvalue weighted by atomic mass is 19.1. The summed E-state index contributed by atoms with van der Waals surface area (Å²) in [7, 11) is 0. The molecule has 5 heteroatoms. The van der Waals surface area contributed by atoms with E-state index in [1.165, 1.54) is 0 Å². The Morgan fingerprint density at radius 1 is 1.14 bits per heavy atom. The van der Waals surface area contributed by atoms with Crippen LogP contribution in [0.15, 0.2) is 35.3 Å². The number of benzene rings is 1. The van der Waals surface area contributed by atoms with Crippen LogP contribution in [0.1, 0.15) is 42.7 Å². The summed E-state index contributed by atoms with van der Waals surface area (Å²) < 4.78 is 13.2. The average molecular weight is 386 g/mol.